The van der Waals surface area contributed by atoms with E-state index in [1.165, 1.54) is 6.07 Å². The Balaban J connectivity index is 1.81. The Kier molecular flexibility index (Phi) is 3.59. The minimum atomic E-state index is -1.05. The number of aliphatic hydroxyl groups excluding tert-OH is 1. The lowest BCUT2D eigenvalue weighted by Gasteiger charge is -2.11. The number of aliphatic hydroxyl groups is 1. The average Bonchev–Trinajstić information content (AvgIpc) is 2.83. The summed E-state index contributed by atoms with van der Waals surface area (Å²) in [5, 5.41) is 18.9. The van der Waals surface area contributed by atoms with Crippen molar-refractivity contribution in [1.82, 2.24) is 0 Å². The van der Waals surface area contributed by atoms with Crippen molar-refractivity contribution >= 4 is 0 Å². The van der Waals surface area contributed by atoms with Crippen molar-refractivity contribution < 1.29 is 14.2 Å². The molecule has 3 rings (SSSR count). The molecule has 1 aliphatic rings. The zero-order valence-corrected chi connectivity index (χ0v) is 11.3. The first kappa shape index (κ1) is 13.6. The maximum absolute atomic E-state index is 14.1. The first-order valence-corrected chi connectivity index (χ1v) is 6.76. The summed E-state index contributed by atoms with van der Waals surface area (Å²) >= 11 is 0. The van der Waals surface area contributed by atoms with E-state index in [1.54, 1.807) is 6.07 Å². The summed E-state index contributed by atoms with van der Waals surface area (Å²) in [5.41, 5.74) is 1.87. The van der Waals surface area contributed by atoms with Gasteiger partial charge in [-0.15, -0.1) is 0 Å². The smallest absolute Gasteiger partial charge is 0.133 e. The van der Waals surface area contributed by atoms with Gasteiger partial charge in [0.25, 0.3) is 0 Å². The van der Waals surface area contributed by atoms with E-state index in [2.05, 4.69) is 0 Å². The third-order valence-electron chi connectivity index (χ3n) is 3.72. The quantitative estimate of drug-likeness (QED) is 0.941. The van der Waals surface area contributed by atoms with Crippen molar-refractivity contribution in [3.05, 3.63) is 65.0 Å². The first-order valence-electron chi connectivity index (χ1n) is 6.76. The summed E-state index contributed by atoms with van der Waals surface area (Å²) in [6.07, 6.45) is -0.694. The predicted molar refractivity (Wildman–Crippen MR) is 74.9 cm³/mol. The number of benzene rings is 2. The highest BCUT2D eigenvalue weighted by atomic mass is 19.1. The van der Waals surface area contributed by atoms with Gasteiger partial charge in [0.05, 0.1) is 18.1 Å². The molecule has 2 aromatic rings. The third-order valence-corrected chi connectivity index (χ3v) is 3.72. The van der Waals surface area contributed by atoms with Crippen molar-refractivity contribution in [2.45, 2.75) is 19.1 Å². The SMILES string of the molecule is N#CC1Cc2cc(OCc3ccccc3)cc(F)c2C1O. The number of nitrogens with zero attached hydrogens (tertiary/aromatic N) is 1. The van der Waals surface area contributed by atoms with E-state index in [0.717, 1.165) is 5.56 Å². The van der Waals surface area contributed by atoms with Crippen LogP contribution < -0.4 is 4.74 Å². The Hall–Kier alpha value is -2.38. The highest BCUT2D eigenvalue weighted by Crippen LogP contribution is 2.39. The second kappa shape index (κ2) is 5.55. The lowest BCUT2D eigenvalue weighted by molar-refractivity contribution is 0.145. The molecular formula is C17H14FNO2. The highest BCUT2D eigenvalue weighted by Gasteiger charge is 2.34. The topological polar surface area (TPSA) is 53.2 Å². The summed E-state index contributed by atoms with van der Waals surface area (Å²) in [7, 11) is 0. The molecule has 0 saturated carbocycles. The van der Waals surface area contributed by atoms with Crippen LogP contribution in [0.1, 0.15) is 22.8 Å². The molecule has 0 aliphatic heterocycles. The molecule has 1 N–H and O–H groups in total. The van der Waals surface area contributed by atoms with E-state index >= 15 is 0 Å². The van der Waals surface area contributed by atoms with Crippen molar-refractivity contribution in [3.8, 4) is 11.8 Å². The second-order valence-electron chi connectivity index (χ2n) is 5.14. The van der Waals surface area contributed by atoms with E-state index in [9.17, 15) is 9.50 Å². The Morgan fingerprint density at radius 2 is 2.05 bits per heavy atom. The van der Waals surface area contributed by atoms with Crippen LogP contribution in [-0.4, -0.2) is 5.11 Å². The molecule has 2 atom stereocenters. The van der Waals surface area contributed by atoms with Gasteiger partial charge >= 0.3 is 0 Å². The minimum absolute atomic E-state index is 0.230. The Bertz CT molecular complexity index is 694. The molecule has 3 nitrogen and oxygen atoms in total. The molecule has 0 radical (unpaired) electrons. The van der Waals surface area contributed by atoms with Gasteiger partial charge in [0.2, 0.25) is 0 Å². The molecule has 21 heavy (non-hydrogen) atoms. The monoisotopic (exact) mass is 283 g/mol. The average molecular weight is 283 g/mol. The lowest BCUT2D eigenvalue weighted by atomic mass is 10.1. The summed E-state index contributed by atoms with van der Waals surface area (Å²) < 4.78 is 19.7. The highest BCUT2D eigenvalue weighted by molar-refractivity contribution is 5.43. The number of rotatable bonds is 3. The van der Waals surface area contributed by atoms with Gasteiger partial charge in [0.15, 0.2) is 0 Å². The van der Waals surface area contributed by atoms with Gasteiger partial charge in [-0.2, -0.15) is 5.26 Å². The molecular weight excluding hydrogens is 269 g/mol. The molecule has 0 amide bonds. The summed E-state index contributed by atoms with van der Waals surface area (Å²) in [6.45, 7) is 0.350. The molecule has 106 valence electrons. The summed E-state index contributed by atoms with van der Waals surface area (Å²) in [5.74, 6) is -0.680. The first-order chi connectivity index (χ1) is 10.2. The van der Waals surface area contributed by atoms with E-state index in [1.807, 2.05) is 36.4 Å². The van der Waals surface area contributed by atoms with E-state index < -0.39 is 17.8 Å². The van der Waals surface area contributed by atoms with Gasteiger partial charge in [-0.1, -0.05) is 30.3 Å². The number of ether oxygens (including phenoxy) is 1. The maximum atomic E-state index is 14.1. The fourth-order valence-corrected chi connectivity index (χ4v) is 2.64. The minimum Gasteiger partial charge on any atom is -0.489 e. The molecule has 0 bridgehead atoms. The van der Waals surface area contributed by atoms with Crippen molar-refractivity contribution in [1.29, 1.82) is 5.26 Å². The molecule has 4 heteroatoms. The molecule has 2 unspecified atom stereocenters. The molecule has 2 aromatic carbocycles. The van der Waals surface area contributed by atoms with Gasteiger partial charge in [-0.3, -0.25) is 0 Å². The molecule has 0 aromatic heterocycles. The number of nitriles is 1. The fourth-order valence-electron chi connectivity index (χ4n) is 2.64. The van der Waals surface area contributed by atoms with Crippen LogP contribution in [0.5, 0.6) is 5.75 Å². The van der Waals surface area contributed by atoms with Crippen molar-refractivity contribution in [3.63, 3.8) is 0 Å². The standard InChI is InChI=1S/C17H14FNO2/c18-15-8-14(21-10-11-4-2-1-3-5-11)7-12-6-13(9-19)17(20)16(12)15/h1-5,7-8,13,17,20H,6,10H2. The van der Waals surface area contributed by atoms with Crippen LogP contribution in [0.4, 0.5) is 4.39 Å². The number of fused-ring (bicyclic) bond motifs is 1. The molecule has 1 aliphatic carbocycles. The van der Waals surface area contributed by atoms with E-state index in [0.29, 0.717) is 24.3 Å². The lowest BCUT2D eigenvalue weighted by Crippen LogP contribution is -2.05. The van der Waals surface area contributed by atoms with Crippen LogP contribution >= 0.6 is 0 Å². The zero-order valence-electron chi connectivity index (χ0n) is 11.3. The van der Waals surface area contributed by atoms with Crippen LogP contribution in [0, 0.1) is 23.1 Å². The zero-order chi connectivity index (χ0) is 14.8. The van der Waals surface area contributed by atoms with Crippen molar-refractivity contribution in [2.24, 2.45) is 5.92 Å². The van der Waals surface area contributed by atoms with E-state index in [-0.39, 0.29) is 5.56 Å². The predicted octanol–water partition coefficient (Wildman–Crippen LogP) is 3.13. The maximum Gasteiger partial charge on any atom is 0.133 e. The van der Waals surface area contributed by atoms with Gasteiger partial charge in [-0.05, 0) is 23.6 Å². The normalized spacial score (nSPS) is 19.9. The van der Waals surface area contributed by atoms with Crippen LogP contribution in [0.2, 0.25) is 0 Å². The van der Waals surface area contributed by atoms with Gasteiger partial charge in [0.1, 0.15) is 18.2 Å². The van der Waals surface area contributed by atoms with Gasteiger partial charge in [-0.25, -0.2) is 4.39 Å². The van der Waals surface area contributed by atoms with Crippen LogP contribution in [0.15, 0.2) is 42.5 Å². The summed E-state index contributed by atoms with van der Waals surface area (Å²) in [6, 6.07) is 14.6. The van der Waals surface area contributed by atoms with Crippen LogP contribution in [0.3, 0.4) is 0 Å². The second-order valence-corrected chi connectivity index (χ2v) is 5.14. The van der Waals surface area contributed by atoms with Crippen LogP contribution in [0.25, 0.3) is 0 Å². The summed E-state index contributed by atoms with van der Waals surface area (Å²) in [4.78, 5) is 0. The van der Waals surface area contributed by atoms with Crippen LogP contribution in [-0.2, 0) is 13.0 Å². The number of halogens is 1. The Labute approximate surface area is 122 Å². The van der Waals surface area contributed by atoms with Gasteiger partial charge < -0.3 is 9.84 Å². The Morgan fingerprint density at radius 1 is 1.29 bits per heavy atom. The largest absolute Gasteiger partial charge is 0.489 e. The molecule has 0 spiro atoms. The number of hydrogen-bond donors (Lipinski definition) is 1. The fraction of sp³-hybridized carbons (Fsp3) is 0.235. The molecule has 0 fully saturated rings. The van der Waals surface area contributed by atoms with Gasteiger partial charge in [0, 0.05) is 11.6 Å². The molecule has 0 saturated heterocycles. The Morgan fingerprint density at radius 3 is 2.76 bits per heavy atom. The number of hydrogen-bond acceptors (Lipinski definition) is 3. The van der Waals surface area contributed by atoms with Crippen molar-refractivity contribution in [2.75, 3.05) is 0 Å². The third kappa shape index (κ3) is 2.61. The molecule has 0 heterocycles. The van der Waals surface area contributed by atoms with E-state index in [4.69, 9.17) is 10.00 Å².